The number of nitro groups is 1. The van der Waals surface area contributed by atoms with Crippen molar-refractivity contribution >= 4 is 23.4 Å². The van der Waals surface area contributed by atoms with Crippen molar-refractivity contribution in [1.29, 1.82) is 0 Å². The van der Waals surface area contributed by atoms with Gasteiger partial charge in [0.25, 0.3) is 5.69 Å². The van der Waals surface area contributed by atoms with Gasteiger partial charge in [0.2, 0.25) is 5.91 Å². The van der Waals surface area contributed by atoms with Crippen LogP contribution in [0.1, 0.15) is 5.56 Å². The van der Waals surface area contributed by atoms with Crippen LogP contribution in [0.4, 0.5) is 15.8 Å². The van der Waals surface area contributed by atoms with Crippen LogP contribution in [0.3, 0.4) is 0 Å². The first-order valence-electron chi connectivity index (χ1n) is 9.64. The largest absolute Gasteiger partial charge is 0.323 e. The zero-order valence-corrected chi connectivity index (χ0v) is 16.7. The Hall–Kier alpha value is -4.59. The molecule has 0 spiro atoms. The highest BCUT2D eigenvalue weighted by molar-refractivity contribution is 6.02. The molecule has 32 heavy (non-hydrogen) atoms. The van der Waals surface area contributed by atoms with E-state index < -0.39 is 10.8 Å². The molecule has 1 aromatic heterocycles. The maximum Gasteiger partial charge on any atom is 0.269 e. The average molecular weight is 428 g/mol. The summed E-state index contributed by atoms with van der Waals surface area (Å²) in [5.74, 6) is -0.757. The van der Waals surface area contributed by atoms with E-state index in [1.54, 1.807) is 29.1 Å². The molecule has 0 radical (unpaired) electrons. The number of nitrogens with one attached hydrogen (secondary N) is 1. The van der Waals surface area contributed by atoms with Crippen molar-refractivity contribution in [1.82, 2.24) is 9.78 Å². The summed E-state index contributed by atoms with van der Waals surface area (Å²) in [4.78, 5) is 22.6. The molecule has 1 N–H and O–H groups in total. The second kappa shape index (κ2) is 9.05. The first-order chi connectivity index (χ1) is 15.5. The highest BCUT2D eigenvalue weighted by atomic mass is 19.1. The SMILES string of the molecule is O=C(C=Cc1cn(-c2ccccc2)nc1-c1ccc(F)cc1)Nc1ccc([N+](=O)[O-])cc1. The summed E-state index contributed by atoms with van der Waals surface area (Å²) in [7, 11) is 0. The highest BCUT2D eigenvalue weighted by Gasteiger charge is 2.11. The van der Waals surface area contributed by atoms with E-state index in [-0.39, 0.29) is 11.5 Å². The van der Waals surface area contributed by atoms with Gasteiger partial charge >= 0.3 is 0 Å². The molecule has 1 amide bonds. The van der Waals surface area contributed by atoms with Crippen LogP contribution in [0.25, 0.3) is 23.0 Å². The van der Waals surface area contributed by atoms with Crippen molar-refractivity contribution in [3.05, 3.63) is 113 Å². The molecule has 158 valence electrons. The summed E-state index contributed by atoms with van der Waals surface area (Å²) in [5.41, 5.74) is 3.18. The number of carbonyl (C=O) groups is 1. The quantitative estimate of drug-likeness (QED) is 0.258. The Bertz CT molecular complexity index is 1280. The topological polar surface area (TPSA) is 90.1 Å². The normalized spacial score (nSPS) is 10.9. The number of hydrogen-bond donors (Lipinski definition) is 1. The molecule has 0 aliphatic heterocycles. The van der Waals surface area contributed by atoms with E-state index in [2.05, 4.69) is 10.4 Å². The van der Waals surface area contributed by atoms with Gasteiger partial charge in [0.15, 0.2) is 0 Å². The standard InChI is InChI=1S/C24H17FN4O3/c25-19-9-6-17(7-10-19)24-18(16-28(27-24)21-4-2-1-3-5-21)8-15-23(30)26-20-11-13-22(14-12-20)29(31)32/h1-16H,(H,26,30). The number of nitrogens with zero attached hydrogens (tertiary/aromatic N) is 3. The van der Waals surface area contributed by atoms with Gasteiger partial charge in [-0.1, -0.05) is 18.2 Å². The molecule has 4 rings (SSSR count). The van der Waals surface area contributed by atoms with Crippen LogP contribution in [-0.2, 0) is 4.79 Å². The van der Waals surface area contributed by atoms with E-state index >= 15 is 0 Å². The average Bonchev–Trinajstić information content (AvgIpc) is 3.23. The van der Waals surface area contributed by atoms with Gasteiger partial charge in [-0.05, 0) is 54.6 Å². The molecule has 7 nitrogen and oxygen atoms in total. The number of non-ortho nitro benzene ring substituents is 1. The Morgan fingerprint density at radius 1 is 1.00 bits per heavy atom. The molecule has 0 saturated carbocycles. The number of anilines is 1. The highest BCUT2D eigenvalue weighted by Crippen LogP contribution is 2.25. The van der Waals surface area contributed by atoms with Gasteiger partial charge in [0.1, 0.15) is 5.82 Å². The maximum absolute atomic E-state index is 13.4. The minimum absolute atomic E-state index is 0.0594. The molecule has 0 aliphatic carbocycles. The van der Waals surface area contributed by atoms with Crippen molar-refractivity contribution in [2.45, 2.75) is 0 Å². The van der Waals surface area contributed by atoms with Crippen molar-refractivity contribution in [3.63, 3.8) is 0 Å². The third-order valence-electron chi connectivity index (χ3n) is 4.64. The molecule has 0 fully saturated rings. The fourth-order valence-corrected chi connectivity index (χ4v) is 3.07. The molecule has 0 unspecified atom stereocenters. The number of halogens is 1. The number of carbonyl (C=O) groups excluding carboxylic acids is 1. The Morgan fingerprint density at radius 2 is 1.69 bits per heavy atom. The molecular weight excluding hydrogens is 411 g/mol. The number of nitro benzene ring substituents is 1. The van der Waals surface area contributed by atoms with E-state index in [0.29, 0.717) is 22.5 Å². The number of aromatic nitrogens is 2. The lowest BCUT2D eigenvalue weighted by molar-refractivity contribution is -0.384. The Balaban J connectivity index is 1.60. The van der Waals surface area contributed by atoms with E-state index in [1.165, 1.54) is 42.5 Å². The molecule has 0 aliphatic rings. The fraction of sp³-hybridized carbons (Fsp3) is 0. The summed E-state index contributed by atoms with van der Waals surface area (Å²) in [6.07, 6.45) is 4.75. The van der Waals surface area contributed by atoms with Gasteiger partial charge in [-0.15, -0.1) is 0 Å². The van der Waals surface area contributed by atoms with Gasteiger partial charge in [-0.3, -0.25) is 14.9 Å². The summed E-state index contributed by atoms with van der Waals surface area (Å²) in [6.45, 7) is 0. The van der Waals surface area contributed by atoms with Crippen molar-refractivity contribution < 1.29 is 14.1 Å². The Labute approximate surface area is 182 Å². The van der Waals surface area contributed by atoms with Crippen LogP contribution in [-0.4, -0.2) is 20.6 Å². The minimum atomic E-state index is -0.507. The molecule has 8 heteroatoms. The lowest BCUT2D eigenvalue weighted by Gasteiger charge is -2.02. The molecule has 0 saturated heterocycles. The first-order valence-corrected chi connectivity index (χ1v) is 9.64. The van der Waals surface area contributed by atoms with E-state index in [1.807, 2.05) is 30.3 Å². The summed E-state index contributed by atoms with van der Waals surface area (Å²) < 4.78 is 15.1. The van der Waals surface area contributed by atoms with Gasteiger partial charge in [-0.2, -0.15) is 5.10 Å². The monoisotopic (exact) mass is 428 g/mol. The Morgan fingerprint density at radius 3 is 2.34 bits per heavy atom. The van der Waals surface area contributed by atoms with E-state index in [0.717, 1.165) is 5.69 Å². The molecule has 1 heterocycles. The lowest BCUT2D eigenvalue weighted by atomic mass is 10.1. The van der Waals surface area contributed by atoms with Crippen molar-refractivity contribution in [3.8, 4) is 16.9 Å². The zero-order chi connectivity index (χ0) is 22.5. The van der Waals surface area contributed by atoms with Gasteiger partial charge in [0, 0.05) is 41.2 Å². The molecule has 0 bridgehead atoms. The van der Waals surface area contributed by atoms with Gasteiger partial charge in [-0.25, -0.2) is 9.07 Å². The number of rotatable bonds is 6. The molecule has 4 aromatic rings. The molecule has 3 aromatic carbocycles. The lowest BCUT2D eigenvalue weighted by Crippen LogP contribution is -2.07. The zero-order valence-electron chi connectivity index (χ0n) is 16.7. The predicted molar refractivity (Wildman–Crippen MR) is 120 cm³/mol. The Kier molecular flexibility index (Phi) is 5.85. The fourth-order valence-electron chi connectivity index (χ4n) is 3.07. The third-order valence-corrected chi connectivity index (χ3v) is 4.64. The number of benzene rings is 3. The second-order valence-electron chi connectivity index (χ2n) is 6.85. The van der Waals surface area contributed by atoms with E-state index in [4.69, 9.17) is 0 Å². The second-order valence-corrected chi connectivity index (χ2v) is 6.85. The van der Waals surface area contributed by atoms with Crippen molar-refractivity contribution in [2.75, 3.05) is 5.32 Å². The van der Waals surface area contributed by atoms with Gasteiger partial charge < -0.3 is 5.32 Å². The van der Waals surface area contributed by atoms with E-state index in [9.17, 15) is 19.3 Å². The maximum atomic E-state index is 13.4. The van der Waals surface area contributed by atoms with Crippen LogP contribution < -0.4 is 5.32 Å². The number of hydrogen-bond acceptors (Lipinski definition) is 4. The van der Waals surface area contributed by atoms with Crippen LogP contribution >= 0.6 is 0 Å². The van der Waals surface area contributed by atoms with Crippen LogP contribution in [0, 0.1) is 15.9 Å². The molecular formula is C24H17FN4O3. The smallest absolute Gasteiger partial charge is 0.269 e. The minimum Gasteiger partial charge on any atom is -0.323 e. The third kappa shape index (κ3) is 4.76. The van der Waals surface area contributed by atoms with Gasteiger partial charge in [0.05, 0.1) is 16.3 Å². The summed E-state index contributed by atoms with van der Waals surface area (Å²) >= 11 is 0. The van der Waals surface area contributed by atoms with Crippen LogP contribution in [0.15, 0.2) is 91.1 Å². The first kappa shape index (κ1) is 20.7. The predicted octanol–water partition coefficient (Wildman–Crippen LogP) is 5.24. The summed E-state index contributed by atoms with van der Waals surface area (Å²) in [6, 6.07) is 21.0. The van der Waals surface area contributed by atoms with Crippen LogP contribution in [0.2, 0.25) is 0 Å². The molecule has 0 atom stereocenters. The van der Waals surface area contributed by atoms with Crippen LogP contribution in [0.5, 0.6) is 0 Å². The van der Waals surface area contributed by atoms with Crippen molar-refractivity contribution in [2.24, 2.45) is 0 Å². The number of amides is 1. The summed E-state index contributed by atoms with van der Waals surface area (Å²) in [5, 5.41) is 18.0. The number of para-hydroxylation sites is 1.